The van der Waals surface area contributed by atoms with Crippen LogP contribution in [-0.2, 0) is 0 Å². The molecule has 3 heterocycles. The number of phenolic OH excluding ortho intramolecular Hbond substituents is 1. The Balaban J connectivity index is 1.32. The van der Waals surface area contributed by atoms with Crippen LogP contribution in [0.2, 0.25) is 0 Å². The minimum absolute atomic E-state index is 0.0914. The monoisotopic (exact) mass is 430 g/mol. The molecular formula is C23H22N6O3. The van der Waals surface area contributed by atoms with E-state index in [2.05, 4.69) is 25.9 Å². The van der Waals surface area contributed by atoms with Crippen LogP contribution in [0.5, 0.6) is 5.75 Å². The molecule has 0 atom stereocenters. The minimum Gasteiger partial charge on any atom is -0.508 e. The van der Waals surface area contributed by atoms with E-state index in [0.717, 1.165) is 29.9 Å². The van der Waals surface area contributed by atoms with Crippen molar-refractivity contribution < 1.29 is 14.3 Å². The number of nitrogens with zero attached hydrogens (tertiary/aromatic N) is 3. The molecule has 0 aliphatic carbocycles. The van der Waals surface area contributed by atoms with Gasteiger partial charge in [-0.1, -0.05) is 6.07 Å². The molecule has 162 valence electrons. The third-order valence-corrected chi connectivity index (χ3v) is 5.16. The number of aromatic hydroxyl groups is 1. The van der Waals surface area contributed by atoms with Crippen molar-refractivity contribution in [1.29, 1.82) is 0 Å². The predicted octanol–water partition coefficient (Wildman–Crippen LogP) is 3.46. The van der Waals surface area contributed by atoms with Crippen LogP contribution >= 0.6 is 0 Å². The predicted molar refractivity (Wildman–Crippen MR) is 122 cm³/mol. The summed E-state index contributed by atoms with van der Waals surface area (Å²) in [6, 6.07) is 15.9. The standard InChI is InChI=1S/C23H22N6O3/c30-18-3-1-2-16(14-18)26-21-6-7-25-23(28-21)27-17-4-5-19-15(12-17)13-20(32-19)22(31)29-10-8-24-9-11-29/h1-7,12-14,24,30H,8-11H2,(H2,25,26,27,28). The molecule has 1 aliphatic rings. The highest BCUT2D eigenvalue weighted by Crippen LogP contribution is 2.26. The van der Waals surface area contributed by atoms with E-state index in [4.69, 9.17) is 4.42 Å². The average Bonchev–Trinajstić information content (AvgIpc) is 3.23. The second-order valence-electron chi connectivity index (χ2n) is 7.47. The second-order valence-corrected chi connectivity index (χ2v) is 7.47. The highest BCUT2D eigenvalue weighted by molar-refractivity contribution is 5.97. The normalized spacial score (nSPS) is 13.8. The molecule has 4 N–H and O–H groups in total. The van der Waals surface area contributed by atoms with Gasteiger partial charge in [-0.3, -0.25) is 4.79 Å². The fourth-order valence-electron chi connectivity index (χ4n) is 3.60. The van der Waals surface area contributed by atoms with Crippen LogP contribution in [0.1, 0.15) is 10.6 Å². The second kappa shape index (κ2) is 8.56. The van der Waals surface area contributed by atoms with Gasteiger partial charge in [0.2, 0.25) is 5.95 Å². The molecule has 1 amide bonds. The number of amides is 1. The number of piperazine rings is 1. The number of phenols is 1. The van der Waals surface area contributed by atoms with Crippen molar-refractivity contribution in [2.45, 2.75) is 0 Å². The van der Waals surface area contributed by atoms with Crippen molar-refractivity contribution in [1.82, 2.24) is 20.2 Å². The lowest BCUT2D eigenvalue weighted by atomic mass is 10.2. The number of carbonyl (C=O) groups is 1. The van der Waals surface area contributed by atoms with Crippen LogP contribution in [0.4, 0.5) is 23.1 Å². The Kier molecular flexibility index (Phi) is 5.30. The topological polar surface area (TPSA) is 116 Å². The van der Waals surface area contributed by atoms with E-state index >= 15 is 0 Å². The molecule has 32 heavy (non-hydrogen) atoms. The highest BCUT2D eigenvalue weighted by atomic mass is 16.3. The molecular weight excluding hydrogens is 408 g/mol. The molecule has 0 saturated carbocycles. The first-order valence-corrected chi connectivity index (χ1v) is 10.3. The largest absolute Gasteiger partial charge is 0.508 e. The van der Waals surface area contributed by atoms with Crippen LogP contribution in [0.25, 0.3) is 11.0 Å². The molecule has 2 aromatic carbocycles. The van der Waals surface area contributed by atoms with E-state index in [9.17, 15) is 9.90 Å². The van der Waals surface area contributed by atoms with Gasteiger partial charge in [-0.15, -0.1) is 0 Å². The van der Waals surface area contributed by atoms with Gasteiger partial charge in [-0.2, -0.15) is 4.98 Å². The summed E-state index contributed by atoms with van der Waals surface area (Å²) < 4.78 is 5.78. The molecule has 1 saturated heterocycles. The molecule has 9 heteroatoms. The summed E-state index contributed by atoms with van der Waals surface area (Å²) in [6.07, 6.45) is 1.64. The number of fused-ring (bicyclic) bond motifs is 1. The molecule has 1 aliphatic heterocycles. The first kappa shape index (κ1) is 19.8. The van der Waals surface area contributed by atoms with Gasteiger partial charge in [0.25, 0.3) is 5.91 Å². The van der Waals surface area contributed by atoms with Gasteiger partial charge in [0.1, 0.15) is 17.2 Å². The summed E-state index contributed by atoms with van der Waals surface area (Å²) in [7, 11) is 0. The number of anilines is 4. The Hall–Kier alpha value is -4.11. The lowest BCUT2D eigenvalue weighted by Crippen LogP contribution is -2.46. The maximum absolute atomic E-state index is 12.7. The van der Waals surface area contributed by atoms with Crippen LogP contribution in [0.15, 0.2) is 65.2 Å². The van der Waals surface area contributed by atoms with Gasteiger partial charge >= 0.3 is 0 Å². The van der Waals surface area contributed by atoms with Crippen LogP contribution < -0.4 is 16.0 Å². The van der Waals surface area contributed by atoms with Crippen LogP contribution in [-0.4, -0.2) is 52.1 Å². The summed E-state index contributed by atoms with van der Waals surface area (Å²) in [6.45, 7) is 2.93. The quantitative estimate of drug-likeness (QED) is 0.381. The summed E-state index contributed by atoms with van der Waals surface area (Å²) in [4.78, 5) is 23.2. The van der Waals surface area contributed by atoms with Gasteiger partial charge in [0.05, 0.1) is 0 Å². The van der Waals surface area contributed by atoms with Gasteiger partial charge in [0.15, 0.2) is 5.76 Å². The lowest BCUT2D eigenvalue weighted by Gasteiger charge is -2.26. The summed E-state index contributed by atoms with van der Waals surface area (Å²) in [5.41, 5.74) is 2.14. The summed E-state index contributed by atoms with van der Waals surface area (Å²) in [5.74, 6) is 1.42. The number of nitrogens with one attached hydrogen (secondary N) is 3. The van der Waals surface area contributed by atoms with Crippen molar-refractivity contribution in [3.05, 3.63) is 66.6 Å². The molecule has 1 fully saturated rings. The number of rotatable bonds is 5. The Labute approximate surface area is 184 Å². The van der Waals surface area contributed by atoms with Crippen LogP contribution in [0.3, 0.4) is 0 Å². The van der Waals surface area contributed by atoms with Crippen molar-refractivity contribution >= 4 is 40.0 Å². The Morgan fingerprint density at radius 3 is 2.72 bits per heavy atom. The summed E-state index contributed by atoms with van der Waals surface area (Å²) in [5, 5.41) is 20.0. The smallest absolute Gasteiger partial charge is 0.289 e. The Morgan fingerprint density at radius 1 is 1.03 bits per heavy atom. The third-order valence-electron chi connectivity index (χ3n) is 5.16. The van der Waals surface area contributed by atoms with Crippen LogP contribution in [0, 0.1) is 0 Å². The average molecular weight is 430 g/mol. The van der Waals surface area contributed by atoms with Gasteiger partial charge in [-0.05, 0) is 42.5 Å². The molecule has 4 aromatic rings. The van der Waals surface area contributed by atoms with Crippen molar-refractivity contribution in [3.63, 3.8) is 0 Å². The maximum atomic E-state index is 12.7. The van der Waals surface area contributed by atoms with E-state index in [1.807, 2.05) is 24.3 Å². The third kappa shape index (κ3) is 4.33. The number of hydrogen-bond acceptors (Lipinski definition) is 8. The number of benzene rings is 2. The Morgan fingerprint density at radius 2 is 1.88 bits per heavy atom. The van der Waals surface area contributed by atoms with E-state index < -0.39 is 0 Å². The van der Waals surface area contributed by atoms with Crippen molar-refractivity contribution in [2.24, 2.45) is 0 Å². The molecule has 5 rings (SSSR count). The minimum atomic E-state index is -0.0914. The molecule has 0 radical (unpaired) electrons. The highest BCUT2D eigenvalue weighted by Gasteiger charge is 2.21. The summed E-state index contributed by atoms with van der Waals surface area (Å²) >= 11 is 0. The van der Waals surface area contributed by atoms with Gasteiger partial charge < -0.3 is 30.4 Å². The molecule has 2 aromatic heterocycles. The zero-order chi connectivity index (χ0) is 21.9. The van der Waals surface area contributed by atoms with Gasteiger partial charge in [0, 0.05) is 55.2 Å². The first-order chi connectivity index (χ1) is 15.6. The van der Waals surface area contributed by atoms with E-state index in [1.165, 1.54) is 0 Å². The van der Waals surface area contributed by atoms with Crippen molar-refractivity contribution in [3.8, 4) is 5.75 Å². The van der Waals surface area contributed by atoms with E-state index in [1.54, 1.807) is 41.4 Å². The molecule has 9 nitrogen and oxygen atoms in total. The van der Waals surface area contributed by atoms with E-state index in [0.29, 0.717) is 36.2 Å². The number of hydrogen-bond donors (Lipinski definition) is 4. The Bertz CT molecular complexity index is 1270. The molecule has 0 spiro atoms. The number of aromatic nitrogens is 2. The SMILES string of the molecule is O=C(c1cc2cc(Nc3nccc(Nc4cccc(O)c4)n3)ccc2o1)N1CCNCC1. The fraction of sp³-hybridized carbons (Fsp3) is 0.174. The maximum Gasteiger partial charge on any atom is 0.289 e. The zero-order valence-corrected chi connectivity index (χ0v) is 17.2. The fourth-order valence-corrected chi connectivity index (χ4v) is 3.60. The van der Waals surface area contributed by atoms with E-state index in [-0.39, 0.29) is 11.7 Å². The number of furan rings is 1. The first-order valence-electron chi connectivity index (χ1n) is 10.3. The number of carbonyl (C=O) groups excluding carboxylic acids is 1. The molecule has 0 unspecified atom stereocenters. The van der Waals surface area contributed by atoms with Crippen molar-refractivity contribution in [2.75, 3.05) is 36.8 Å². The molecule has 0 bridgehead atoms. The zero-order valence-electron chi connectivity index (χ0n) is 17.2. The van der Waals surface area contributed by atoms with Gasteiger partial charge in [-0.25, -0.2) is 4.98 Å². The lowest BCUT2D eigenvalue weighted by molar-refractivity contribution is 0.0706.